The third-order valence-corrected chi connectivity index (χ3v) is 2.25. The van der Waals surface area contributed by atoms with Crippen LogP contribution in [0.3, 0.4) is 0 Å². The maximum absolute atomic E-state index is 4.20. The van der Waals surface area contributed by atoms with Crippen molar-refractivity contribution in [2.75, 3.05) is 7.05 Å². The van der Waals surface area contributed by atoms with Crippen molar-refractivity contribution in [2.45, 2.75) is 26.3 Å². The summed E-state index contributed by atoms with van der Waals surface area (Å²) in [6, 6.07) is 2.46. The molecule has 0 fully saturated rings. The lowest BCUT2D eigenvalue weighted by molar-refractivity contribution is 0.421. The van der Waals surface area contributed by atoms with Crippen molar-refractivity contribution >= 4 is 0 Å². The Bertz CT molecular complexity index is 233. The summed E-state index contributed by atoms with van der Waals surface area (Å²) in [5.74, 6) is 0.625. The molecule has 0 amide bonds. The van der Waals surface area contributed by atoms with Crippen LogP contribution in [0.5, 0.6) is 0 Å². The van der Waals surface area contributed by atoms with Gasteiger partial charge in [-0.3, -0.25) is 0 Å². The summed E-state index contributed by atoms with van der Waals surface area (Å²) < 4.78 is 0. The molecule has 13 heavy (non-hydrogen) atoms. The molecule has 72 valence electrons. The monoisotopic (exact) mass is 179 g/mol. The van der Waals surface area contributed by atoms with Crippen LogP contribution < -0.4 is 5.32 Å². The van der Waals surface area contributed by atoms with E-state index < -0.39 is 0 Å². The number of hydrogen-bond donors (Lipinski definition) is 1. The van der Waals surface area contributed by atoms with Gasteiger partial charge in [0.25, 0.3) is 0 Å². The Hall–Kier alpha value is -0.960. The van der Waals surface area contributed by atoms with Gasteiger partial charge in [-0.1, -0.05) is 13.8 Å². The topological polar surface area (TPSA) is 37.8 Å². The highest BCUT2D eigenvalue weighted by molar-refractivity contribution is 5.00. The first-order valence-electron chi connectivity index (χ1n) is 4.66. The van der Waals surface area contributed by atoms with Crippen molar-refractivity contribution in [2.24, 2.45) is 5.92 Å². The highest BCUT2D eigenvalue weighted by Gasteiger charge is 2.11. The molecular weight excluding hydrogens is 162 g/mol. The first kappa shape index (κ1) is 10.1. The summed E-state index contributed by atoms with van der Waals surface area (Å²) in [7, 11) is 1.99. The largest absolute Gasteiger partial charge is 0.316 e. The van der Waals surface area contributed by atoms with Gasteiger partial charge in [0.1, 0.15) is 6.33 Å². The van der Waals surface area contributed by atoms with Gasteiger partial charge in [-0.25, -0.2) is 9.97 Å². The van der Waals surface area contributed by atoms with Gasteiger partial charge >= 0.3 is 0 Å². The summed E-state index contributed by atoms with van der Waals surface area (Å²) in [5.41, 5.74) is 1.10. The van der Waals surface area contributed by atoms with Crippen LogP contribution in [0.2, 0.25) is 0 Å². The summed E-state index contributed by atoms with van der Waals surface area (Å²) in [5, 5.41) is 3.29. The molecule has 1 rings (SSSR count). The average molecular weight is 179 g/mol. The maximum Gasteiger partial charge on any atom is 0.115 e. The molecule has 3 nitrogen and oxygen atoms in total. The quantitative estimate of drug-likeness (QED) is 0.756. The number of nitrogens with one attached hydrogen (secondary N) is 1. The van der Waals surface area contributed by atoms with E-state index in [1.54, 1.807) is 12.5 Å². The number of nitrogens with zero attached hydrogens (tertiary/aromatic N) is 2. The molecule has 0 aliphatic rings. The minimum Gasteiger partial charge on any atom is -0.316 e. The fraction of sp³-hybridized carbons (Fsp3) is 0.600. The second kappa shape index (κ2) is 4.92. The zero-order chi connectivity index (χ0) is 9.68. The van der Waals surface area contributed by atoms with Gasteiger partial charge in [-0.2, -0.15) is 0 Å². The van der Waals surface area contributed by atoms with E-state index in [0.717, 1.165) is 12.1 Å². The molecule has 1 atom stereocenters. The van der Waals surface area contributed by atoms with E-state index in [2.05, 4.69) is 29.1 Å². The Morgan fingerprint density at radius 1 is 1.46 bits per heavy atom. The fourth-order valence-electron chi connectivity index (χ4n) is 1.34. The third-order valence-electron chi connectivity index (χ3n) is 2.25. The molecule has 0 bridgehead atoms. The van der Waals surface area contributed by atoms with E-state index in [-0.39, 0.29) is 0 Å². The molecule has 1 unspecified atom stereocenters. The predicted molar refractivity (Wildman–Crippen MR) is 53.4 cm³/mol. The van der Waals surface area contributed by atoms with Crippen molar-refractivity contribution in [3.63, 3.8) is 0 Å². The second-order valence-electron chi connectivity index (χ2n) is 3.54. The van der Waals surface area contributed by atoms with Crippen LogP contribution in [0.25, 0.3) is 0 Å². The minimum absolute atomic E-state index is 0.495. The van der Waals surface area contributed by atoms with Crippen molar-refractivity contribution in [3.05, 3.63) is 24.3 Å². The number of rotatable bonds is 4. The van der Waals surface area contributed by atoms with Crippen molar-refractivity contribution in [3.8, 4) is 0 Å². The Kier molecular flexibility index (Phi) is 3.83. The van der Waals surface area contributed by atoms with Crippen molar-refractivity contribution in [1.82, 2.24) is 15.3 Å². The van der Waals surface area contributed by atoms with Crippen LogP contribution in [-0.2, 0) is 6.42 Å². The Labute approximate surface area is 79.6 Å². The first-order valence-corrected chi connectivity index (χ1v) is 4.66. The molecule has 0 saturated heterocycles. The predicted octanol–water partition coefficient (Wildman–Crippen LogP) is 1.26. The molecular formula is C10H17N3. The van der Waals surface area contributed by atoms with Gasteiger partial charge in [-0.15, -0.1) is 0 Å². The van der Waals surface area contributed by atoms with E-state index >= 15 is 0 Å². The molecule has 0 aliphatic carbocycles. The molecule has 0 saturated carbocycles. The minimum atomic E-state index is 0.495. The summed E-state index contributed by atoms with van der Waals surface area (Å²) in [6.45, 7) is 4.42. The molecule has 0 aliphatic heterocycles. The van der Waals surface area contributed by atoms with Crippen LogP contribution in [0.4, 0.5) is 0 Å². The zero-order valence-corrected chi connectivity index (χ0v) is 8.49. The Morgan fingerprint density at radius 2 is 2.23 bits per heavy atom. The van der Waals surface area contributed by atoms with Gasteiger partial charge in [0, 0.05) is 24.4 Å². The molecule has 0 spiro atoms. The highest BCUT2D eigenvalue weighted by Crippen LogP contribution is 2.06. The van der Waals surface area contributed by atoms with E-state index in [9.17, 15) is 0 Å². The summed E-state index contributed by atoms with van der Waals surface area (Å²) in [4.78, 5) is 8.09. The third kappa shape index (κ3) is 3.11. The van der Waals surface area contributed by atoms with E-state index in [1.807, 2.05) is 13.1 Å². The Morgan fingerprint density at radius 3 is 2.69 bits per heavy atom. The van der Waals surface area contributed by atoms with Crippen LogP contribution in [-0.4, -0.2) is 23.1 Å². The maximum atomic E-state index is 4.20. The van der Waals surface area contributed by atoms with Crippen LogP contribution in [0.1, 0.15) is 19.5 Å². The smallest absolute Gasteiger partial charge is 0.115 e. The fourth-order valence-corrected chi connectivity index (χ4v) is 1.34. The van der Waals surface area contributed by atoms with Crippen LogP contribution in [0, 0.1) is 5.92 Å². The molecule has 1 N–H and O–H groups in total. The number of likely N-dealkylation sites (N-methyl/N-ethyl adjacent to an activating group) is 1. The normalized spacial score (nSPS) is 13.2. The second-order valence-corrected chi connectivity index (χ2v) is 3.54. The first-order chi connectivity index (χ1) is 6.24. The van der Waals surface area contributed by atoms with Gasteiger partial charge in [-0.05, 0) is 19.0 Å². The highest BCUT2D eigenvalue weighted by atomic mass is 14.9. The van der Waals surface area contributed by atoms with Crippen molar-refractivity contribution < 1.29 is 0 Å². The lowest BCUT2D eigenvalue weighted by atomic mass is 9.99. The number of hydrogen-bond acceptors (Lipinski definition) is 3. The lowest BCUT2D eigenvalue weighted by Crippen LogP contribution is -2.32. The summed E-state index contributed by atoms with van der Waals surface area (Å²) >= 11 is 0. The van der Waals surface area contributed by atoms with E-state index in [0.29, 0.717) is 12.0 Å². The van der Waals surface area contributed by atoms with Gasteiger partial charge < -0.3 is 5.32 Å². The molecule has 3 heteroatoms. The molecule has 0 radical (unpaired) electrons. The van der Waals surface area contributed by atoms with Crippen LogP contribution >= 0.6 is 0 Å². The van der Waals surface area contributed by atoms with Crippen LogP contribution in [0.15, 0.2) is 18.6 Å². The standard InChI is InChI=1S/C10H17N3/c1-8(2)10(11-3)6-9-4-5-12-7-13-9/h4-5,7-8,10-11H,6H2,1-3H3. The SMILES string of the molecule is CNC(Cc1ccncn1)C(C)C. The van der Waals surface area contributed by atoms with E-state index in [1.165, 1.54) is 0 Å². The Balaban J connectivity index is 2.57. The van der Waals surface area contributed by atoms with Gasteiger partial charge in [0.2, 0.25) is 0 Å². The molecule has 1 aromatic heterocycles. The van der Waals surface area contributed by atoms with Crippen molar-refractivity contribution in [1.29, 1.82) is 0 Å². The molecule has 1 aromatic rings. The summed E-state index contributed by atoms with van der Waals surface area (Å²) in [6.07, 6.45) is 4.36. The van der Waals surface area contributed by atoms with Gasteiger partial charge in [0.15, 0.2) is 0 Å². The zero-order valence-electron chi connectivity index (χ0n) is 8.49. The van der Waals surface area contributed by atoms with E-state index in [4.69, 9.17) is 0 Å². The van der Waals surface area contributed by atoms with Gasteiger partial charge in [0.05, 0.1) is 0 Å². The lowest BCUT2D eigenvalue weighted by Gasteiger charge is -2.19. The number of aromatic nitrogens is 2. The molecule has 0 aromatic carbocycles. The average Bonchev–Trinajstić information content (AvgIpc) is 2.15. The molecule has 1 heterocycles.